The van der Waals surface area contributed by atoms with E-state index in [9.17, 15) is 9.59 Å². The molecule has 1 atom stereocenters. The maximum Gasteiger partial charge on any atom is 0.250 e. The van der Waals surface area contributed by atoms with Crippen LogP contribution in [0.2, 0.25) is 0 Å². The molecule has 0 bridgehead atoms. The minimum absolute atomic E-state index is 0.0829. The first kappa shape index (κ1) is 15.3. The normalized spacial score (nSPS) is 17.7. The molecule has 122 valence electrons. The highest BCUT2D eigenvalue weighted by molar-refractivity contribution is 6.00. The summed E-state index contributed by atoms with van der Waals surface area (Å²) in [6.07, 6.45) is 4.39. The lowest BCUT2D eigenvalue weighted by molar-refractivity contribution is -0.126. The van der Waals surface area contributed by atoms with Gasteiger partial charge in [0.15, 0.2) is 0 Å². The lowest BCUT2D eigenvalue weighted by Gasteiger charge is -2.17. The molecule has 3 rings (SSSR count). The molecule has 0 saturated carbocycles. The third-order valence-corrected chi connectivity index (χ3v) is 3.92. The number of nitrogens with one attached hydrogen (secondary N) is 1. The second kappa shape index (κ2) is 6.23. The summed E-state index contributed by atoms with van der Waals surface area (Å²) in [6.45, 7) is 2.98. The van der Waals surface area contributed by atoms with Crippen molar-refractivity contribution >= 4 is 17.6 Å². The summed E-state index contributed by atoms with van der Waals surface area (Å²) in [7, 11) is 1.81. The number of nitrogens with zero attached hydrogens (tertiary/aromatic N) is 5. The van der Waals surface area contributed by atoms with Crippen molar-refractivity contribution in [2.45, 2.75) is 32.4 Å². The van der Waals surface area contributed by atoms with E-state index >= 15 is 0 Å². The number of hydrogen-bond donors (Lipinski definition) is 1. The molecule has 2 aromatic heterocycles. The van der Waals surface area contributed by atoms with Crippen LogP contribution in [0.25, 0.3) is 0 Å². The first-order valence-electron chi connectivity index (χ1n) is 7.63. The molecule has 0 spiro atoms. The van der Waals surface area contributed by atoms with E-state index in [1.807, 2.05) is 26.1 Å². The molecule has 2 aromatic rings. The van der Waals surface area contributed by atoms with Gasteiger partial charge in [0.2, 0.25) is 5.91 Å². The van der Waals surface area contributed by atoms with E-state index < -0.39 is 6.04 Å². The van der Waals surface area contributed by atoms with Gasteiger partial charge in [-0.2, -0.15) is 10.2 Å². The van der Waals surface area contributed by atoms with Crippen molar-refractivity contribution < 1.29 is 9.59 Å². The van der Waals surface area contributed by atoms with Crippen LogP contribution < -0.4 is 10.2 Å². The largest absolute Gasteiger partial charge is 0.344 e. The summed E-state index contributed by atoms with van der Waals surface area (Å²) in [4.78, 5) is 26.2. The first-order valence-corrected chi connectivity index (χ1v) is 7.63. The second-order valence-corrected chi connectivity index (χ2v) is 5.69. The van der Waals surface area contributed by atoms with E-state index in [4.69, 9.17) is 0 Å². The van der Waals surface area contributed by atoms with Crippen LogP contribution in [0, 0.1) is 6.92 Å². The molecule has 23 heavy (non-hydrogen) atoms. The first-order chi connectivity index (χ1) is 11.0. The third kappa shape index (κ3) is 3.25. The van der Waals surface area contributed by atoms with Gasteiger partial charge < -0.3 is 5.32 Å². The van der Waals surface area contributed by atoms with Gasteiger partial charge in [0.25, 0.3) is 5.91 Å². The number of carbonyl (C=O) groups excluding carboxylic acids is 2. The molecule has 8 heteroatoms. The fraction of sp³-hybridized carbons (Fsp3) is 0.467. The van der Waals surface area contributed by atoms with E-state index in [2.05, 4.69) is 15.5 Å². The van der Waals surface area contributed by atoms with Gasteiger partial charge in [-0.15, -0.1) is 0 Å². The lowest BCUT2D eigenvalue weighted by Crippen LogP contribution is -2.42. The van der Waals surface area contributed by atoms with Gasteiger partial charge in [-0.25, -0.2) is 0 Å². The third-order valence-electron chi connectivity index (χ3n) is 3.92. The van der Waals surface area contributed by atoms with Gasteiger partial charge in [-0.1, -0.05) is 0 Å². The smallest absolute Gasteiger partial charge is 0.250 e. The molecule has 2 amide bonds. The number of amides is 2. The topological polar surface area (TPSA) is 85.0 Å². The molecule has 0 aromatic carbocycles. The summed E-state index contributed by atoms with van der Waals surface area (Å²) in [5.74, 6) is 0.545. The summed E-state index contributed by atoms with van der Waals surface area (Å²) in [6, 6.07) is 3.22. The van der Waals surface area contributed by atoms with Crippen molar-refractivity contribution in [3.63, 3.8) is 0 Å². The zero-order chi connectivity index (χ0) is 16.4. The second-order valence-electron chi connectivity index (χ2n) is 5.69. The number of anilines is 1. The van der Waals surface area contributed by atoms with Gasteiger partial charge in [0, 0.05) is 45.0 Å². The number of carbonyl (C=O) groups is 2. The highest BCUT2D eigenvalue weighted by Gasteiger charge is 2.34. The Labute approximate surface area is 134 Å². The van der Waals surface area contributed by atoms with Gasteiger partial charge in [0.05, 0.1) is 5.69 Å². The maximum atomic E-state index is 12.5. The van der Waals surface area contributed by atoms with E-state index in [0.717, 1.165) is 11.5 Å². The van der Waals surface area contributed by atoms with Crippen LogP contribution in [0.1, 0.15) is 18.5 Å². The molecular formula is C15H20N6O2. The minimum Gasteiger partial charge on any atom is -0.344 e. The van der Waals surface area contributed by atoms with Crippen molar-refractivity contribution in [2.75, 3.05) is 11.4 Å². The van der Waals surface area contributed by atoms with Crippen LogP contribution in [0.4, 0.5) is 5.82 Å². The van der Waals surface area contributed by atoms with Crippen molar-refractivity contribution in [3.05, 3.63) is 30.2 Å². The quantitative estimate of drug-likeness (QED) is 0.856. The van der Waals surface area contributed by atoms with Crippen LogP contribution >= 0.6 is 0 Å². The predicted octanol–water partition coefficient (Wildman–Crippen LogP) is 0.237. The number of hydrogen-bond acceptors (Lipinski definition) is 4. The zero-order valence-corrected chi connectivity index (χ0v) is 13.3. The van der Waals surface area contributed by atoms with Crippen molar-refractivity contribution in [1.29, 1.82) is 0 Å². The van der Waals surface area contributed by atoms with Crippen LogP contribution in [0.5, 0.6) is 0 Å². The molecule has 0 aliphatic carbocycles. The van der Waals surface area contributed by atoms with Crippen molar-refractivity contribution in [1.82, 2.24) is 24.9 Å². The SMILES string of the molecule is Cc1cc(N2CCC(NC(=O)CCn3cccn3)C2=O)n(C)n1. The summed E-state index contributed by atoms with van der Waals surface area (Å²) in [5.41, 5.74) is 0.863. The Morgan fingerprint density at radius 2 is 2.30 bits per heavy atom. The summed E-state index contributed by atoms with van der Waals surface area (Å²) in [5, 5.41) is 11.1. The Bertz CT molecular complexity index is 706. The highest BCUT2D eigenvalue weighted by Crippen LogP contribution is 2.22. The number of rotatable bonds is 5. The van der Waals surface area contributed by atoms with Gasteiger partial charge >= 0.3 is 0 Å². The molecule has 1 unspecified atom stereocenters. The van der Waals surface area contributed by atoms with Crippen LogP contribution in [-0.4, -0.2) is 44.0 Å². The highest BCUT2D eigenvalue weighted by atomic mass is 16.2. The van der Waals surface area contributed by atoms with Gasteiger partial charge in [-0.3, -0.25) is 23.9 Å². The van der Waals surface area contributed by atoms with Crippen LogP contribution in [0.3, 0.4) is 0 Å². The molecule has 1 saturated heterocycles. The fourth-order valence-corrected chi connectivity index (χ4v) is 2.81. The van der Waals surface area contributed by atoms with E-state index in [1.54, 1.807) is 26.7 Å². The standard InChI is InChI=1S/C15H20N6O2/c1-11-10-14(19(2)18-11)21-9-4-12(15(21)23)17-13(22)5-8-20-7-3-6-16-20/h3,6-7,10,12H,4-5,8-9H2,1-2H3,(H,17,22). The summed E-state index contributed by atoms with van der Waals surface area (Å²) < 4.78 is 3.38. The molecule has 1 aliphatic heterocycles. The molecule has 1 fully saturated rings. The predicted molar refractivity (Wildman–Crippen MR) is 83.7 cm³/mol. The Kier molecular flexibility index (Phi) is 4.14. The minimum atomic E-state index is -0.463. The molecule has 1 N–H and O–H groups in total. The van der Waals surface area contributed by atoms with Crippen LogP contribution in [-0.2, 0) is 23.2 Å². The fourth-order valence-electron chi connectivity index (χ4n) is 2.81. The number of aromatic nitrogens is 4. The Hall–Kier alpha value is -2.64. The lowest BCUT2D eigenvalue weighted by atomic mass is 10.2. The molecule has 8 nitrogen and oxygen atoms in total. The van der Waals surface area contributed by atoms with Crippen molar-refractivity contribution in [3.8, 4) is 0 Å². The molecular weight excluding hydrogens is 296 g/mol. The van der Waals surface area contributed by atoms with Gasteiger partial charge in [0.1, 0.15) is 11.9 Å². The molecule has 0 radical (unpaired) electrons. The Balaban J connectivity index is 1.56. The average molecular weight is 316 g/mol. The van der Waals surface area contributed by atoms with Gasteiger partial charge in [-0.05, 0) is 19.4 Å². The summed E-state index contributed by atoms with van der Waals surface area (Å²) >= 11 is 0. The number of aryl methyl sites for hydroxylation is 3. The van der Waals surface area contributed by atoms with E-state index in [1.165, 1.54) is 0 Å². The zero-order valence-electron chi connectivity index (χ0n) is 13.3. The molecule has 3 heterocycles. The Morgan fingerprint density at radius 1 is 1.48 bits per heavy atom. The Morgan fingerprint density at radius 3 is 2.96 bits per heavy atom. The van der Waals surface area contributed by atoms with Crippen LogP contribution in [0.15, 0.2) is 24.5 Å². The maximum absolute atomic E-state index is 12.5. The van der Waals surface area contributed by atoms with Crippen molar-refractivity contribution in [2.24, 2.45) is 7.05 Å². The average Bonchev–Trinajstić information content (AvgIpc) is 3.20. The molecule has 1 aliphatic rings. The van der Waals surface area contributed by atoms with E-state index in [0.29, 0.717) is 25.9 Å². The van der Waals surface area contributed by atoms with E-state index in [-0.39, 0.29) is 11.8 Å². The monoisotopic (exact) mass is 316 g/mol.